The molecule has 0 bridgehead atoms. The van der Waals surface area contributed by atoms with Crippen LogP contribution < -0.4 is 10.6 Å². The van der Waals surface area contributed by atoms with Crippen LogP contribution in [0.4, 0.5) is 17.5 Å². The van der Waals surface area contributed by atoms with Crippen LogP contribution in [0, 0.1) is 11.3 Å². The Kier molecular flexibility index (Phi) is 5.52. The van der Waals surface area contributed by atoms with Crippen LogP contribution in [-0.2, 0) is 6.42 Å². The third-order valence-electron chi connectivity index (χ3n) is 3.61. The van der Waals surface area contributed by atoms with E-state index in [4.69, 9.17) is 5.26 Å². The van der Waals surface area contributed by atoms with Gasteiger partial charge in [-0.1, -0.05) is 30.3 Å². The van der Waals surface area contributed by atoms with E-state index in [0.29, 0.717) is 17.3 Å². The van der Waals surface area contributed by atoms with Gasteiger partial charge in [0, 0.05) is 12.2 Å². The second-order valence-corrected chi connectivity index (χ2v) is 5.50. The number of nitrogens with zero attached hydrogens (tertiary/aromatic N) is 4. The lowest BCUT2D eigenvalue weighted by atomic mass is 10.1. The zero-order chi connectivity index (χ0) is 17.3. The number of aromatic nitrogens is 3. The van der Waals surface area contributed by atoms with Crippen LogP contribution in [0.15, 0.2) is 60.8 Å². The molecule has 6 nitrogen and oxygen atoms in total. The first-order valence-electron chi connectivity index (χ1n) is 8.08. The van der Waals surface area contributed by atoms with Gasteiger partial charge in [0.2, 0.25) is 5.95 Å². The Labute approximate surface area is 146 Å². The SMILES string of the molecule is N#Cc1ccc(Nc2cnnc(NCCCc3ccccc3)n2)cc1. The van der Waals surface area contributed by atoms with Crippen molar-refractivity contribution in [3.8, 4) is 6.07 Å². The number of nitrogens with one attached hydrogen (secondary N) is 2. The molecular formula is C19H18N6. The zero-order valence-electron chi connectivity index (χ0n) is 13.7. The molecule has 0 radical (unpaired) electrons. The van der Waals surface area contributed by atoms with Crippen molar-refractivity contribution in [2.24, 2.45) is 0 Å². The maximum atomic E-state index is 8.82. The highest BCUT2D eigenvalue weighted by Crippen LogP contribution is 2.15. The topological polar surface area (TPSA) is 86.5 Å². The number of hydrogen-bond donors (Lipinski definition) is 2. The predicted octanol–water partition coefficient (Wildman–Crippen LogP) is 3.53. The average Bonchev–Trinajstić information content (AvgIpc) is 2.67. The summed E-state index contributed by atoms with van der Waals surface area (Å²) >= 11 is 0. The third-order valence-corrected chi connectivity index (χ3v) is 3.61. The summed E-state index contributed by atoms with van der Waals surface area (Å²) in [4.78, 5) is 4.39. The van der Waals surface area contributed by atoms with Gasteiger partial charge in [-0.3, -0.25) is 0 Å². The molecule has 25 heavy (non-hydrogen) atoms. The van der Waals surface area contributed by atoms with Crippen LogP contribution in [0.2, 0.25) is 0 Å². The molecular weight excluding hydrogens is 312 g/mol. The molecule has 0 aliphatic rings. The molecule has 2 N–H and O–H groups in total. The van der Waals surface area contributed by atoms with Crippen molar-refractivity contribution in [2.45, 2.75) is 12.8 Å². The van der Waals surface area contributed by atoms with E-state index in [0.717, 1.165) is 25.1 Å². The number of anilines is 3. The summed E-state index contributed by atoms with van der Waals surface area (Å²) in [6, 6.07) is 19.6. The first kappa shape index (κ1) is 16.4. The molecule has 0 fully saturated rings. The number of aryl methyl sites for hydroxylation is 1. The molecule has 1 heterocycles. The van der Waals surface area contributed by atoms with Crippen LogP contribution >= 0.6 is 0 Å². The molecule has 0 saturated heterocycles. The highest BCUT2D eigenvalue weighted by molar-refractivity contribution is 5.57. The van der Waals surface area contributed by atoms with E-state index in [1.165, 1.54) is 5.56 Å². The summed E-state index contributed by atoms with van der Waals surface area (Å²) in [6.45, 7) is 0.775. The fourth-order valence-electron chi connectivity index (χ4n) is 2.35. The van der Waals surface area contributed by atoms with Crippen molar-refractivity contribution in [2.75, 3.05) is 17.2 Å². The van der Waals surface area contributed by atoms with Gasteiger partial charge in [-0.05, 0) is 42.7 Å². The van der Waals surface area contributed by atoms with Gasteiger partial charge in [0.15, 0.2) is 5.82 Å². The van der Waals surface area contributed by atoms with E-state index in [2.05, 4.69) is 44.0 Å². The first-order chi connectivity index (χ1) is 12.3. The maximum Gasteiger partial charge on any atom is 0.244 e. The lowest BCUT2D eigenvalue weighted by Crippen LogP contribution is -2.08. The Morgan fingerprint density at radius 3 is 2.56 bits per heavy atom. The monoisotopic (exact) mass is 330 g/mol. The van der Waals surface area contributed by atoms with Crippen LogP contribution in [-0.4, -0.2) is 21.7 Å². The minimum absolute atomic E-state index is 0.492. The van der Waals surface area contributed by atoms with Crippen LogP contribution in [0.1, 0.15) is 17.5 Å². The molecule has 6 heteroatoms. The Morgan fingerprint density at radius 1 is 1.00 bits per heavy atom. The van der Waals surface area contributed by atoms with Gasteiger partial charge in [-0.15, -0.1) is 5.10 Å². The lowest BCUT2D eigenvalue weighted by molar-refractivity contribution is 0.843. The lowest BCUT2D eigenvalue weighted by Gasteiger charge is -2.08. The summed E-state index contributed by atoms with van der Waals surface area (Å²) in [5, 5.41) is 23.1. The van der Waals surface area contributed by atoms with E-state index in [9.17, 15) is 0 Å². The van der Waals surface area contributed by atoms with Crippen LogP contribution in [0.3, 0.4) is 0 Å². The van der Waals surface area contributed by atoms with E-state index >= 15 is 0 Å². The van der Waals surface area contributed by atoms with Gasteiger partial charge in [0.25, 0.3) is 0 Å². The van der Waals surface area contributed by atoms with Crippen molar-refractivity contribution in [3.63, 3.8) is 0 Å². The largest absolute Gasteiger partial charge is 0.353 e. The quantitative estimate of drug-likeness (QED) is 0.645. The molecule has 124 valence electrons. The molecule has 0 spiro atoms. The van der Waals surface area contributed by atoms with Crippen molar-refractivity contribution < 1.29 is 0 Å². The molecule has 3 aromatic rings. The molecule has 0 amide bonds. The molecule has 0 aliphatic carbocycles. The summed E-state index contributed by atoms with van der Waals surface area (Å²) in [7, 11) is 0. The third kappa shape index (κ3) is 5.01. The van der Waals surface area contributed by atoms with Crippen molar-refractivity contribution in [1.29, 1.82) is 5.26 Å². The van der Waals surface area contributed by atoms with Crippen LogP contribution in [0.5, 0.6) is 0 Å². The average molecular weight is 330 g/mol. The highest BCUT2D eigenvalue weighted by Gasteiger charge is 2.01. The minimum atomic E-state index is 0.492. The summed E-state index contributed by atoms with van der Waals surface area (Å²) in [5.74, 6) is 1.09. The highest BCUT2D eigenvalue weighted by atomic mass is 15.3. The summed E-state index contributed by atoms with van der Waals surface area (Å²) in [6.07, 6.45) is 3.55. The van der Waals surface area contributed by atoms with Gasteiger partial charge in [0.1, 0.15) is 0 Å². The van der Waals surface area contributed by atoms with E-state index < -0.39 is 0 Å². The van der Waals surface area contributed by atoms with Crippen LogP contribution in [0.25, 0.3) is 0 Å². The van der Waals surface area contributed by atoms with Crippen molar-refractivity contribution >= 4 is 17.5 Å². The number of hydrogen-bond acceptors (Lipinski definition) is 6. The Morgan fingerprint density at radius 2 is 1.80 bits per heavy atom. The Balaban J connectivity index is 1.51. The predicted molar refractivity (Wildman–Crippen MR) is 97.5 cm³/mol. The summed E-state index contributed by atoms with van der Waals surface area (Å²) < 4.78 is 0. The van der Waals surface area contributed by atoms with Gasteiger partial charge < -0.3 is 10.6 Å². The molecule has 0 unspecified atom stereocenters. The Hall–Kier alpha value is -3.46. The molecule has 0 aliphatic heterocycles. The smallest absolute Gasteiger partial charge is 0.244 e. The number of rotatable bonds is 7. The second-order valence-electron chi connectivity index (χ2n) is 5.50. The second kappa shape index (κ2) is 8.41. The van der Waals surface area contributed by atoms with Crippen molar-refractivity contribution in [3.05, 3.63) is 71.9 Å². The van der Waals surface area contributed by atoms with Gasteiger partial charge in [0.05, 0.1) is 17.8 Å². The minimum Gasteiger partial charge on any atom is -0.353 e. The van der Waals surface area contributed by atoms with E-state index in [-0.39, 0.29) is 0 Å². The molecule has 0 saturated carbocycles. The molecule has 2 aromatic carbocycles. The first-order valence-corrected chi connectivity index (χ1v) is 8.08. The standard InChI is InChI=1S/C19H18N6/c20-13-16-8-10-17(11-9-16)23-18-14-22-25-19(24-18)21-12-4-7-15-5-2-1-3-6-15/h1-3,5-6,8-11,14H,4,7,12H2,(H2,21,23,24,25). The number of benzene rings is 2. The zero-order valence-corrected chi connectivity index (χ0v) is 13.7. The van der Waals surface area contributed by atoms with E-state index in [1.807, 2.05) is 30.3 Å². The molecule has 3 rings (SSSR count). The normalized spacial score (nSPS) is 10.0. The van der Waals surface area contributed by atoms with E-state index in [1.54, 1.807) is 18.3 Å². The molecule has 0 atom stereocenters. The molecule has 1 aromatic heterocycles. The maximum absolute atomic E-state index is 8.82. The fourth-order valence-corrected chi connectivity index (χ4v) is 2.35. The summed E-state index contributed by atoms with van der Waals surface area (Å²) in [5.41, 5.74) is 2.78. The Bertz CT molecular complexity index is 840. The van der Waals surface area contributed by atoms with Gasteiger partial charge in [-0.25, -0.2) is 0 Å². The van der Waals surface area contributed by atoms with Gasteiger partial charge >= 0.3 is 0 Å². The van der Waals surface area contributed by atoms with Gasteiger partial charge in [-0.2, -0.15) is 15.3 Å². The number of nitriles is 1. The van der Waals surface area contributed by atoms with Crippen molar-refractivity contribution in [1.82, 2.24) is 15.2 Å². The fraction of sp³-hybridized carbons (Fsp3) is 0.158.